The molecule has 160 valence electrons. The molecule has 1 aliphatic heterocycles. The molecule has 11 heteroatoms. The number of halogens is 2. The molecule has 0 unspecified atom stereocenters. The molecule has 0 bridgehead atoms. The summed E-state index contributed by atoms with van der Waals surface area (Å²) in [5, 5.41) is 12.1. The van der Waals surface area contributed by atoms with Crippen molar-refractivity contribution in [3.8, 4) is 11.8 Å². The Balaban J connectivity index is 2.03. The average Bonchev–Trinajstić information content (AvgIpc) is 2.64. The summed E-state index contributed by atoms with van der Waals surface area (Å²) in [6.07, 6.45) is 0.813. The number of ether oxygens (including phenoxy) is 1. The molecular weight excluding hydrogens is 406 g/mol. The third kappa shape index (κ3) is 6.62. The van der Waals surface area contributed by atoms with Gasteiger partial charge < -0.3 is 20.7 Å². The van der Waals surface area contributed by atoms with Gasteiger partial charge in [-0.25, -0.2) is 8.42 Å². The van der Waals surface area contributed by atoms with Crippen molar-refractivity contribution in [2.45, 2.75) is 36.8 Å². The molecule has 1 amide bonds. The third-order valence-corrected chi connectivity index (χ3v) is 6.37. The molecule has 1 fully saturated rings. The molecular formula is C18H24F2N4O4S. The number of carbonyl (C=O) groups is 1. The van der Waals surface area contributed by atoms with E-state index in [0.29, 0.717) is 25.9 Å². The van der Waals surface area contributed by atoms with Gasteiger partial charge in [-0.2, -0.15) is 14.0 Å². The largest absolute Gasteiger partial charge is 0.435 e. The predicted molar refractivity (Wildman–Crippen MR) is 102 cm³/mol. The summed E-state index contributed by atoms with van der Waals surface area (Å²) in [4.78, 5) is 14.4. The van der Waals surface area contributed by atoms with Crippen molar-refractivity contribution >= 4 is 15.7 Å². The second kappa shape index (κ2) is 9.47. The second-order valence-corrected chi connectivity index (χ2v) is 9.24. The summed E-state index contributed by atoms with van der Waals surface area (Å²) < 4.78 is 54.2. The molecule has 0 aliphatic carbocycles. The number of rotatable bonds is 8. The van der Waals surface area contributed by atoms with Gasteiger partial charge in [-0.1, -0.05) is 18.2 Å². The zero-order chi connectivity index (χ0) is 21.7. The Bertz CT molecular complexity index is 865. The highest BCUT2D eigenvalue weighted by Gasteiger charge is 2.37. The number of sulfone groups is 1. The summed E-state index contributed by atoms with van der Waals surface area (Å²) in [6, 6.07) is 6.23. The van der Waals surface area contributed by atoms with Crippen molar-refractivity contribution in [1.29, 1.82) is 5.26 Å². The van der Waals surface area contributed by atoms with Crippen LogP contribution in [0.15, 0.2) is 24.3 Å². The van der Waals surface area contributed by atoms with E-state index < -0.39 is 45.4 Å². The number of nitrogens with one attached hydrogen (secondary N) is 1. The van der Waals surface area contributed by atoms with E-state index in [-0.39, 0.29) is 11.3 Å². The molecule has 1 aromatic rings. The molecule has 1 aromatic carbocycles. The summed E-state index contributed by atoms with van der Waals surface area (Å²) in [7, 11) is -2.02. The first-order chi connectivity index (χ1) is 13.6. The zero-order valence-corrected chi connectivity index (χ0v) is 16.8. The van der Waals surface area contributed by atoms with Crippen LogP contribution in [0.5, 0.6) is 5.75 Å². The normalized spacial score (nSPS) is 18.1. The fourth-order valence-electron chi connectivity index (χ4n) is 3.07. The molecule has 3 N–H and O–H groups in total. The van der Waals surface area contributed by atoms with Crippen molar-refractivity contribution < 1.29 is 26.7 Å². The van der Waals surface area contributed by atoms with Crippen LogP contribution in [0.2, 0.25) is 0 Å². The van der Waals surface area contributed by atoms with E-state index in [1.165, 1.54) is 24.3 Å². The van der Waals surface area contributed by atoms with Crippen LogP contribution < -0.4 is 15.8 Å². The van der Waals surface area contributed by atoms with Crippen LogP contribution in [0.25, 0.3) is 0 Å². The predicted octanol–water partition coefficient (Wildman–Crippen LogP) is 0.634. The van der Waals surface area contributed by atoms with Gasteiger partial charge >= 0.3 is 6.61 Å². The van der Waals surface area contributed by atoms with Gasteiger partial charge in [0.25, 0.3) is 0 Å². The van der Waals surface area contributed by atoms with E-state index in [9.17, 15) is 27.3 Å². The molecule has 0 saturated carbocycles. The Labute approximate surface area is 168 Å². The Morgan fingerprint density at radius 1 is 1.38 bits per heavy atom. The van der Waals surface area contributed by atoms with Crippen molar-refractivity contribution in [2.75, 3.05) is 25.9 Å². The first-order valence-electron chi connectivity index (χ1n) is 8.96. The van der Waals surface area contributed by atoms with Gasteiger partial charge in [0.05, 0.1) is 23.6 Å². The molecule has 1 aliphatic rings. The molecule has 1 atom stereocenters. The maximum atomic E-state index is 12.5. The van der Waals surface area contributed by atoms with Gasteiger partial charge in [0.1, 0.15) is 11.3 Å². The van der Waals surface area contributed by atoms with Gasteiger partial charge in [-0.05, 0) is 26.0 Å². The van der Waals surface area contributed by atoms with Crippen LogP contribution in [0.3, 0.4) is 0 Å². The number of likely N-dealkylation sites (tertiary alicyclic amines) is 1. The highest BCUT2D eigenvalue weighted by molar-refractivity contribution is 7.90. The standard InChI is InChI=1S/C18H24F2N4O4S/c1-24-8-6-18(12-21,7-9-24)23-16(25)14(22)11-29(26,27)10-13-4-2-3-5-15(13)28-17(19)20/h2-5,14,17H,6-11,22H2,1H3,(H,23,25)/t14-/m0/s1. The van der Waals surface area contributed by atoms with Crippen LogP contribution >= 0.6 is 0 Å². The molecule has 29 heavy (non-hydrogen) atoms. The maximum Gasteiger partial charge on any atom is 0.387 e. The number of nitrogens with two attached hydrogens (primary N) is 1. The van der Waals surface area contributed by atoms with Crippen LogP contribution in [-0.4, -0.2) is 63.3 Å². The SMILES string of the molecule is CN1CCC(C#N)(NC(=O)[C@@H](N)CS(=O)(=O)Cc2ccccc2OC(F)F)CC1. The zero-order valence-electron chi connectivity index (χ0n) is 16.0. The first-order valence-corrected chi connectivity index (χ1v) is 10.8. The number of hydrogen-bond donors (Lipinski definition) is 2. The van der Waals surface area contributed by atoms with E-state index in [0.717, 1.165) is 0 Å². The van der Waals surface area contributed by atoms with Crippen LogP contribution in [-0.2, 0) is 20.4 Å². The van der Waals surface area contributed by atoms with E-state index in [1.54, 1.807) is 0 Å². The molecule has 8 nitrogen and oxygen atoms in total. The summed E-state index contributed by atoms with van der Waals surface area (Å²) in [5.41, 5.74) is 4.74. The number of nitriles is 1. The minimum absolute atomic E-state index is 0.0456. The van der Waals surface area contributed by atoms with Crippen molar-refractivity contribution in [2.24, 2.45) is 5.73 Å². The van der Waals surface area contributed by atoms with Crippen molar-refractivity contribution in [1.82, 2.24) is 10.2 Å². The summed E-state index contributed by atoms with van der Waals surface area (Å²) in [5.74, 6) is -2.29. The molecule has 0 radical (unpaired) electrons. The van der Waals surface area contributed by atoms with Gasteiger partial charge in [0, 0.05) is 18.7 Å². The molecule has 0 spiro atoms. The van der Waals surface area contributed by atoms with Gasteiger partial charge in [-0.3, -0.25) is 4.79 Å². The number of benzene rings is 1. The topological polar surface area (TPSA) is 126 Å². The number of amides is 1. The quantitative estimate of drug-likeness (QED) is 0.620. The smallest absolute Gasteiger partial charge is 0.387 e. The number of hydrogen-bond acceptors (Lipinski definition) is 7. The van der Waals surface area contributed by atoms with Crippen molar-refractivity contribution in [3.63, 3.8) is 0 Å². The average molecular weight is 430 g/mol. The monoisotopic (exact) mass is 430 g/mol. The third-order valence-electron chi connectivity index (χ3n) is 4.75. The lowest BCUT2D eigenvalue weighted by Gasteiger charge is -2.36. The van der Waals surface area contributed by atoms with E-state index in [1.807, 2.05) is 11.9 Å². The van der Waals surface area contributed by atoms with Crippen LogP contribution in [0.4, 0.5) is 8.78 Å². The fourth-order valence-corrected chi connectivity index (χ4v) is 4.60. The van der Waals surface area contributed by atoms with Crippen LogP contribution in [0.1, 0.15) is 18.4 Å². The summed E-state index contributed by atoms with van der Waals surface area (Å²) >= 11 is 0. The van der Waals surface area contributed by atoms with Gasteiger partial charge in [0.2, 0.25) is 5.91 Å². The van der Waals surface area contributed by atoms with Gasteiger partial charge in [-0.15, -0.1) is 0 Å². The van der Waals surface area contributed by atoms with Crippen LogP contribution in [0, 0.1) is 11.3 Å². The highest BCUT2D eigenvalue weighted by atomic mass is 32.2. The molecule has 1 saturated heterocycles. The molecule has 2 rings (SSSR count). The van der Waals surface area contributed by atoms with Gasteiger partial charge in [0.15, 0.2) is 9.84 Å². The lowest BCUT2D eigenvalue weighted by atomic mass is 9.89. The Hall–Kier alpha value is -2.29. The van der Waals surface area contributed by atoms with E-state index >= 15 is 0 Å². The molecule has 1 heterocycles. The second-order valence-electron chi connectivity index (χ2n) is 7.13. The highest BCUT2D eigenvalue weighted by Crippen LogP contribution is 2.23. The summed E-state index contributed by atoms with van der Waals surface area (Å²) in [6.45, 7) is -1.87. The Morgan fingerprint density at radius 2 is 2.00 bits per heavy atom. The fraction of sp³-hybridized carbons (Fsp3) is 0.556. The molecule has 0 aromatic heterocycles. The number of nitrogens with zero attached hydrogens (tertiary/aromatic N) is 2. The number of para-hydroxylation sites is 1. The lowest BCUT2D eigenvalue weighted by molar-refractivity contribution is -0.123. The first kappa shape index (κ1) is 23.0. The number of carbonyl (C=O) groups excluding carboxylic acids is 1. The maximum absolute atomic E-state index is 12.5. The van der Waals surface area contributed by atoms with E-state index in [2.05, 4.69) is 16.1 Å². The minimum Gasteiger partial charge on any atom is -0.435 e. The minimum atomic E-state index is -3.92. The Morgan fingerprint density at radius 3 is 2.59 bits per heavy atom. The number of piperidine rings is 1. The lowest BCUT2D eigenvalue weighted by Crippen LogP contribution is -2.58. The van der Waals surface area contributed by atoms with E-state index in [4.69, 9.17) is 5.73 Å². The number of alkyl halides is 2. The Kier molecular flexibility index (Phi) is 7.51. The van der Waals surface area contributed by atoms with Crippen molar-refractivity contribution in [3.05, 3.63) is 29.8 Å².